The highest BCUT2D eigenvalue weighted by molar-refractivity contribution is 7.90. The number of pyridine rings is 1. The molecule has 2 aromatic rings. The summed E-state index contributed by atoms with van der Waals surface area (Å²) in [4.78, 5) is 19.8. The lowest BCUT2D eigenvalue weighted by Gasteiger charge is -2.37. The molecule has 0 radical (unpaired) electrons. The van der Waals surface area contributed by atoms with Crippen LogP contribution in [0.1, 0.15) is 30.5 Å². The maximum absolute atomic E-state index is 15.6. The summed E-state index contributed by atoms with van der Waals surface area (Å²) in [6.45, 7) is 1.76. The third-order valence-corrected chi connectivity index (χ3v) is 8.85. The fourth-order valence-electron chi connectivity index (χ4n) is 4.70. The summed E-state index contributed by atoms with van der Waals surface area (Å²) in [5.74, 6) is -4.12. The summed E-state index contributed by atoms with van der Waals surface area (Å²) in [5.41, 5.74) is 1.43. The number of benzene rings is 1. The van der Waals surface area contributed by atoms with Crippen molar-refractivity contribution in [2.24, 2.45) is 0 Å². The predicted molar refractivity (Wildman–Crippen MR) is 124 cm³/mol. The number of aromatic nitrogens is 1. The predicted octanol–water partition coefficient (Wildman–Crippen LogP) is 3.33. The number of alkyl halides is 2. The van der Waals surface area contributed by atoms with Crippen molar-refractivity contribution in [1.29, 1.82) is 0 Å². The minimum Gasteiger partial charge on any atom is -0.325 e. The Bertz CT molecular complexity index is 1250. The van der Waals surface area contributed by atoms with Crippen molar-refractivity contribution in [3.63, 3.8) is 0 Å². The molecule has 5 rings (SSSR count). The van der Waals surface area contributed by atoms with Crippen molar-refractivity contribution in [2.45, 2.75) is 55.9 Å². The highest BCUT2D eigenvalue weighted by Gasteiger charge is 2.58. The number of carbonyl (C=O) groups is 1. The highest BCUT2D eigenvalue weighted by Crippen LogP contribution is 2.38. The second kappa shape index (κ2) is 8.77. The molecule has 3 heterocycles. The van der Waals surface area contributed by atoms with Gasteiger partial charge in [0.1, 0.15) is 11.9 Å². The van der Waals surface area contributed by atoms with Crippen LogP contribution in [0.2, 0.25) is 0 Å². The molecule has 1 aromatic heterocycles. The van der Waals surface area contributed by atoms with Crippen molar-refractivity contribution >= 4 is 16.1 Å². The van der Waals surface area contributed by atoms with E-state index in [1.165, 1.54) is 11.0 Å². The maximum atomic E-state index is 15.6. The number of amides is 2. The molecule has 1 aliphatic carbocycles. The Morgan fingerprint density at radius 3 is 2.51 bits per heavy atom. The number of hydrogen-bond donors (Lipinski definition) is 1. The van der Waals surface area contributed by atoms with Gasteiger partial charge in [0, 0.05) is 24.3 Å². The first-order valence-electron chi connectivity index (χ1n) is 11.7. The zero-order chi connectivity index (χ0) is 25.0. The molecule has 2 atom stereocenters. The Hall–Kier alpha value is -2.66. The van der Waals surface area contributed by atoms with Crippen LogP contribution in [0.5, 0.6) is 0 Å². The quantitative estimate of drug-likeness (QED) is 0.649. The first-order chi connectivity index (χ1) is 16.6. The van der Waals surface area contributed by atoms with E-state index < -0.39 is 51.7 Å². The zero-order valence-corrected chi connectivity index (χ0v) is 20.1. The van der Waals surface area contributed by atoms with Gasteiger partial charge in [0.15, 0.2) is 0 Å². The minimum absolute atomic E-state index is 0.116. The van der Waals surface area contributed by atoms with E-state index in [4.69, 9.17) is 0 Å². The van der Waals surface area contributed by atoms with E-state index in [-0.39, 0.29) is 17.5 Å². The van der Waals surface area contributed by atoms with Gasteiger partial charge in [-0.15, -0.1) is 0 Å². The smallest absolute Gasteiger partial charge is 0.320 e. The monoisotopic (exact) mass is 508 g/mol. The molecule has 0 spiro atoms. The maximum Gasteiger partial charge on any atom is 0.320 e. The summed E-state index contributed by atoms with van der Waals surface area (Å²) in [6.07, 6.45) is 1.33. The molecule has 0 unspecified atom stereocenters. The molecule has 188 valence electrons. The van der Waals surface area contributed by atoms with Crippen molar-refractivity contribution in [3.8, 4) is 11.3 Å². The Kier molecular flexibility index (Phi) is 6.03. The van der Waals surface area contributed by atoms with Crippen molar-refractivity contribution < 1.29 is 26.4 Å². The third kappa shape index (κ3) is 4.63. The van der Waals surface area contributed by atoms with Gasteiger partial charge in [-0.25, -0.2) is 31.1 Å². The zero-order valence-electron chi connectivity index (χ0n) is 19.3. The molecule has 35 heavy (non-hydrogen) atoms. The first-order valence-corrected chi connectivity index (χ1v) is 13.3. The standard InChI is InChI=1S/C24H27F3N4O3S/c1-15-5-2-8-19(28-15)18-7-3-6-16(21(18)25)13-20-22(29-35(33,34)17-9-10-17)24(26,27)14-31(20)23(32)30-11-4-12-30/h2-3,5-8,17,20,22,29H,4,9-14H2,1H3/t20-,22+/m0/s1. The summed E-state index contributed by atoms with van der Waals surface area (Å²) in [7, 11) is -3.98. The Balaban J connectivity index is 1.50. The average molecular weight is 509 g/mol. The summed E-state index contributed by atoms with van der Waals surface area (Å²) < 4.78 is 73.5. The van der Waals surface area contributed by atoms with E-state index in [0.717, 1.165) is 11.3 Å². The molecule has 3 fully saturated rings. The average Bonchev–Trinajstić information content (AvgIpc) is 3.58. The lowest BCUT2D eigenvalue weighted by molar-refractivity contribution is -0.00562. The minimum atomic E-state index is -3.98. The van der Waals surface area contributed by atoms with Crippen LogP contribution in [0.25, 0.3) is 11.3 Å². The lowest BCUT2D eigenvalue weighted by Crippen LogP contribution is -2.55. The number of rotatable bonds is 6. The molecule has 7 nitrogen and oxygen atoms in total. The molecule has 3 aliphatic rings. The molecule has 2 aliphatic heterocycles. The molecule has 2 amide bonds. The van der Waals surface area contributed by atoms with Gasteiger partial charge in [0.2, 0.25) is 10.0 Å². The van der Waals surface area contributed by atoms with E-state index in [1.807, 2.05) is 0 Å². The second-order valence-corrected chi connectivity index (χ2v) is 11.6. The molecular formula is C24H27F3N4O3S. The number of likely N-dealkylation sites (tertiary alicyclic amines) is 2. The molecule has 1 saturated carbocycles. The molecule has 1 N–H and O–H groups in total. The Morgan fingerprint density at radius 2 is 1.89 bits per heavy atom. The van der Waals surface area contributed by atoms with E-state index in [2.05, 4.69) is 9.71 Å². The number of nitrogens with zero attached hydrogens (tertiary/aromatic N) is 3. The molecule has 0 bridgehead atoms. The summed E-state index contributed by atoms with van der Waals surface area (Å²) in [5, 5.41) is -0.702. The van der Waals surface area contributed by atoms with E-state index >= 15 is 13.2 Å². The number of hydrogen-bond acceptors (Lipinski definition) is 4. The Labute approximate surface area is 202 Å². The third-order valence-electron chi connectivity index (χ3n) is 6.92. The van der Waals surface area contributed by atoms with Crippen LogP contribution in [-0.2, 0) is 16.4 Å². The van der Waals surface area contributed by atoms with Crippen LogP contribution in [0, 0.1) is 12.7 Å². The van der Waals surface area contributed by atoms with Gasteiger partial charge >= 0.3 is 6.03 Å². The largest absolute Gasteiger partial charge is 0.325 e. The fraction of sp³-hybridized carbons (Fsp3) is 0.500. The topological polar surface area (TPSA) is 82.6 Å². The summed E-state index contributed by atoms with van der Waals surface area (Å²) >= 11 is 0. The number of nitrogens with one attached hydrogen (secondary N) is 1. The van der Waals surface area contributed by atoms with E-state index in [9.17, 15) is 13.2 Å². The van der Waals surface area contributed by atoms with Gasteiger partial charge in [-0.3, -0.25) is 4.98 Å². The normalized spacial score (nSPS) is 23.9. The highest BCUT2D eigenvalue weighted by atomic mass is 32.2. The van der Waals surface area contributed by atoms with Crippen LogP contribution in [0.3, 0.4) is 0 Å². The van der Waals surface area contributed by atoms with Crippen molar-refractivity contribution in [2.75, 3.05) is 19.6 Å². The SMILES string of the molecule is Cc1cccc(-c2cccc(C[C@H]3[C@@H](NS(=O)(=O)C4CC4)C(F)(F)CN3C(=O)N3CCC3)c2F)n1. The van der Waals surface area contributed by atoms with Gasteiger partial charge in [-0.1, -0.05) is 18.2 Å². The van der Waals surface area contributed by atoms with Gasteiger partial charge in [0.05, 0.1) is 23.5 Å². The fourth-order valence-corrected chi connectivity index (χ4v) is 6.33. The van der Waals surface area contributed by atoms with Crippen molar-refractivity contribution in [1.82, 2.24) is 19.5 Å². The number of carbonyl (C=O) groups excluding carboxylic acids is 1. The van der Waals surface area contributed by atoms with E-state index in [1.54, 1.807) is 37.3 Å². The lowest BCUT2D eigenvalue weighted by atomic mass is 9.96. The second-order valence-electron chi connectivity index (χ2n) is 9.57. The molecule has 1 aromatic carbocycles. The van der Waals surface area contributed by atoms with Crippen LogP contribution >= 0.6 is 0 Å². The van der Waals surface area contributed by atoms with Gasteiger partial charge in [0.25, 0.3) is 5.92 Å². The first kappa shape index (κ1) is 24.1. The van der Waals surface area contributed by atoms with Gasteiger partial charge < -0.3 is 9.80 Å². The van der Waals surface area contributed by atoms with Crippen LogP contribution in [0.15, 0.2) is 36.4 Å². The number of urea groups is 1. The molecular weight excluding hydrogens is 481 g/mol. The molecule has 2 saturated heterocycles. The number of aryl methyl sites for hydroxylation is 1. The van der Waals surface area contributed by atoms with Crippen LogP contribution < -0.4 is 4.72 Å². The van der Waals surface area contributed by atoms with Crippen LogP contribution in [-0.4, -0.2) is 72.1 Å². The molecule has 11 heteroatoms. The Morgan fingerprint density at radius 1 is 1.17 bits per heavy atom. The summed E-state index contributed by atoms with van der Waals surface area (Å²) in [6, 6.07) is 6.15. The number of halogens is 3. The van der Waals surface area contributed by atoms with Crippen LogP contribution in [0.4, 0.5) is 18.0 Å². The van der Waals surface area contributed by atoms with Gasteiger partial charge in [-0.05, 0) is 56.4 Å². The van der Waals surface area contributed by atoms with E-state index in [0.29, 0.717) is 37.3 Å². The number of sulfonamides is 1. The van der Waals surface area contributed by atoms with Gasteiger partial charge in [-0.2, -0.15) is 0 Å². The van der Waals surface area contributed by atoms with Crippen molar-refractivity contribution in [3.05, 3.63) is 53.5 Å².